The van der Waals surface area contributed by atoms with Crippen molar-refractivity contribution in [1.82, 2.24) is 0 Å². The van der Waals surface area contributed by atoms with E-state index in [1.807, 2.05) is 0 Å². The van der Waals surface area contributed by atoms with Crippen molar-refractivity contribution in [2.24, 2.45) is 0 Å². The van der Waals surface area contributed by atoms with Crippen LogP contribution in [0.2, 0.25) is 0 Å². The average Bonchev–Trinajstić information content (AvgIpc) is 2.81. The van der Waals surface area contributed by atoms with Crippen molar-refractivity contribution < 1.29 is 0 Å². The second kappa shape index (κ2) is 5.99. The Morgan fingerprint density at radius 2 is 1.29 bits per heavy atom. The van der Waals surface area contributed by atoms with Crippen LogP contribution in [0.15, 0.2) is 12.1 Å². The molecule has 0 saturated heterocycles. The third-order valence-electron chi connectivity index (χ3n) is 5.87. The van der Waals surface area contributed by atoms with Gasteiger partial charge in [-0.3, -0.25) is 0 Å². The molecule has 0 N–H and O–H groups in total. The second-order valence-corrected chi connectivity index (χ2v) is 7.26. The molecule has 0 radical (unpaired) electrons. The fourth-order valence-corrected chi connectivity index (χ4v) is 4.78. The van der Waals surface area contributed by atoms with Crippen LogP contribution in [-0.2, 0) is 25.7 Å². The molecule has 3 aliphatic rings. The summed E-state index contributed by atoms with van der Waals surface area (Å²) >= 11 is 0. The summed E-state index contributed by atoms with van der Waals surface area (Å²) in [7, 11) is 0. The lowest BCUT2D eigenvalue weighted by atomic mass is 9.79. The number of benzene rings is 1. The van der Waals surface area contributed by atoms with Gasteiger partial charge in [-0.25, -0.2) is 0 Å². The molecule has 0 bridgehead atoms. The first-order valence-corrected chi connectivity index (χ1v) is 9.29. The number of allylic oxidation sites excluding steroid dienone is 2. The van der Waals surface area contributed by atoms with E-state index in [0.29, 0.717) is 0 Å². The molecule has 0 aromatic heterocycles. The van der Waals surface area contributed by atoms with Crippen molar-refractivity contribution in [3.63, 3.8) is 0 Å². The zero-order chi connectivity index (χ0) is 14.1. The third kappa shape index (κ3) is 2.58. The van der Waals surface area contributed by atoms with Crippen LogP contribution in [0.25, 0.3) is 5.57 Å². The lowest BCUT2D eigenvalue weighted by Crippen LogP contribution is -2.11. The summed E-state index contributed by atoms with van der Waals surface area (Å²) in [5.74, 6) is 0. The van der Waals surface area contributed by atoms with Crippen molar-refractivity contribution in [3.8, 4) is 0 Å². The van der Waals surface area contributed by atoms with E-state index < -0.39 is 0 Å². The van der Waals surface area contributed by atoms with Gasteiger partial charge in [-0.05, 0) is 110 Å². The molecule has 0 amide bonds. The highest BCUT2D eigenvalue weighted by molar-refractivity contribution is 5.72. The summed E-state index contributed by atoms with van der Waals surface area (Å²) in [6, 6.07) is 2.62. The van der Waals surface area contributed by atoms with E-state index >= 15 is 0 Å². The van der Waals surface area contributed by atoms with E-state index in [2.05, 4.69) is 12.1 Å². The first-order chi connectivity index (χ1) is 10.4. The standard InChI is InChI=1S/C21H28/c1-3-9-16(10-4-1)21-15-17-11-7-8-12-18(17)19-13-5-2-6-14-20(19)21/h9,15H,1-8,10-14H2. The molecule has 0 heteroatoms. The van der Waals surface area contributed by atoms with Crippen molar-refractivity contribution in [2.45, 2.75) is 83.5 Å². The Hall–Kier alpha value is -1.04. The molecule has 1 aromatic carbocycles. The van der Waals surface area contributed by atoms with Gasteiger partial charge in [0.05, 0.1) is 0 Å². The normalized spacial score (nSPS) is 22.0. The van der Waals surface area contributed by atoms with E-state index in [4.69, 9.17) is 0 Å². The first-order valence-electron chi connectivity index (χ1n) is 9.29. The van der Waals surface area contributed by atoms with Gasteiger partial charge in [0.2, 0.25) is 0 Å². The third-order valence-corrected chi connectivity index (χ3v) is 5.87. The Morgan fingerprint density at radius 1 is 0.571 bits per heavy atom. The van der Waals surface area contributed by atoms with Crippen LogP contribution < -0.4 is 0 Å². The van der Waals surface area contributed by atoms with Gasteiger partial charge in [-0.15, -0.1) is 0 Å². The Bertz CT molecular complexity index is 562. The second-order valence-electron chi connectivity index (χ2n) is 7.26. The lowest BCUT2D eigenvalue weighted by Gasteiger charge is -2.26. The largest absolute Gasteiger partial charge is 0.0807 e. The Kier molecular flexibility index (Phi) is 3.88. The highest BCUT2D eigenvalue weighted by Gasteiger charge is 2.22. The minimum atomic E-state index is 1.31. The molecule has 0 nitrogen and oxygen atoms in total. The van der Waals surface area contributed by atoms with Gasteiger partial charge in [0.15, 0.2) is 0 Å². The van der Waals surface area contributed by atoms with Gasteiger partial charge in [-0.1, -0.05) is 18.6 Å². The van der Waals surface area contributed by atoms with Crippen molar-refractivity contribution in [3.05, 3.63) is 40.0 Å². The fourth-order valence-electron chi connectivity index (χ4n) is 4.78. The zero-order valence-electron chi connectivity index (χ0n) is 13.3. The van der Waals surface area contributed by atoms with Crippen LogP contribution in [-0.4, -0.2) is 0 Å². The summed E-state index contributed by atoms with van der Waals surface area (Å²) in [6.45, 7) is 0. The van der Waals surface area contributed by atoms with E-state index in [9.17, 15) is 0 Å². The molecule has 1 aromatic rings. The first kappa shape index (κ1) is 13.6. The van der Waals surface area contributed by atoms with Gasteiger partial charge in [0.25, 0.3) is 0 Å². The number of fused-ring (bicyclic) bond motifs is 3. The van der Waals surface area contributed by atoms with Gasteiger partial charge in [-0.2, -0.15) is 0 Å². The molecule has 0 atom stereocenters. The fraction of sp³-hybridized carbons (Fsp3) is 0.619. The minimum Gasteiger partial charge on any atom is -0.0807 e. The maximum Gasteiger partial charge on any atom is -0.0190 e. The van der Waals surface area contributed by atoms with Crippen molar-refractivity contribution in [1.29, 1.82) is 0 Å². The monoisotopic (exact) mass is 280 g/mol. The maximum absolute atomic E-state index is 2.62. The maximum atomic E-state index is 2.62. The topological polar surface area (TPSA) is 0 Å². The molecule has 0 unspecified atom stereocenters. The molecule has 21 heavy (non-hydrogen) atoms. The molecule has 0 saturated carbocycles. The molecule has 0 spiro atoms. The van der Waals surface area contributed by atoms with Crippen LogP contribution >= 0.6 is 0 Å². The average molecular weight is 280 g/mol. The summed E-state index contributed by atoms with van der Waals surface area (Å²) in [6.07, 6.45) is 20.5. The van der Waals surface area contributed by atoms with Crippen molar-refractivity contribution >= 4 is 5.57 Å². The molecule has 4 rings (SSSR count). The van der Waals surface area contributed by atoms with E-state index in [1.54, 1.807) is 33.4 Å². The van der Waals surface area contributed by atoms with Crippen LogP contribution in [0.1, 0.15) is 85.6 Å². The molecule has 0 fully saturated rings. The van der Waals surface area contributed by atoms with Crippen LogP contribution in [0.4, 0.5) is 0 Å². The lowest BCUT2D eigenvalue weighted by molar-refractivity contribution is 0.671. The highest BCUT2D eigenvalue weighted by atomic mass is 14.3. The predicted octanol–water partition coefficient (Wildman–Crippen LogP) is 5.79. The Morgan fingerprint density at radius 3 is 2.14 bits per heavy atom. The van der Waals surface area contributed by atoms with E-state index in [1.165, 1.54) is 83.5 Å². The molecule has 0 heterocycles. The summed E-state index contributed by atoms with van der Waals surface area (Å²) in [5, 5.41) is 0. The van der Waals surface area contributed by atoms with Crippen LogP contribution in [0, 0.1) is 0 Å². The summed E-state index contributed by atoms with van der Waals surface area (Å²) < 4.78 is 0. The van der Waals surface area contributed by atoms with Gasteiger partial charge < -0.3 is 0 Å². The predicted molar refractivity (Wildman–Crippen MR) is 90.8 cm³/mol. The Labute approximate surface area is 129 Å². The molecular weight excluding hydrogens is 252 g/mol. The van der Waals surface area contributed by atoms with Crippen molar-refractivity contribution in [2.75, 3.05) is 0 Å². The smallest absolute Gasteiger partial charge is 0.0190 e. The van der Waals surface area contributed by atoms with E-state index in [0.717, 1.165) is 0 Å². The Balaban J connectivity index is 1.87. The van der Waals surface area contributed by atoms with Gasteiger partial charge in [0, 0.05) is 0 Å². The summed E-state index contributed by atoms with van der Waals surface area (Å²) in [5.41, 5.74) is 10.4. The number of aryl methyl sites for hydroxylation is 1. The highest BCUT2D eigenvalue weighted by Crippen LogP contribution is 2.38. The molecular formula is C21H28. The number of hydrogen-bond acceptors (Lipinski definition) is 0. The minimum absolute atomic E-state index is 1.31. The number of rotatable bonds is 1. The molecule has 0 aliphatic heterocycles. The van der Waals surface area contributed by atoms with E-state index in [-0.39, 0.29) is 0 Å². The summed E-state index contributed by atoms with van der Waals surface area (Å²) in [4.78, 5) is 0. The van der Waals surface area contributed by atoms with Gasteiger partial charge in [0.1, 0.15) is 0 Å². The number of hydrogen-bond donors (Lipinski definition) is 0. The zero-order valence-corrected chi connectivity index (χ0v) is 13.3. The van der Waals surface area contributed by atoms with Gasteiger partial charge >= 0.3 is 0 Å². The molecule has 3 aliphatic carbocycles. The van der Waals surface area contributed by atoms with Crippen LogP contribution in [0.5, 0.6) is 0 Å². The molecule has 112 valence electrons. The van der Waals surface area contributed by atoms with Crippen LogP contribution in [0.3, 0.4) is 0 Å². The SMILES string of the molecule is C1=C(c2cc3c(c4c2CCCCC4)CCCC3)CCCC1. The quantitative estimate of drug-likeness (QED) is 0.571.